The second-order valence-electron chi connectivity index (χ2n) is 14.3. The first-order chi connectivity index (χ1) is 28.4. The first kappa shape index (κ1) is 55.2. The Bertz CT molecular complexity index is 1590. The fourth-order valence-electron chi connectivity index (χ4n) is 5.39. The quantitative estimate of drug-likeness (QED) is 0.0345. The van der Waals surface area contributed by atoms with Gasteiger partial charge in [0.05, 0.1) is 31.1 Å². The first-order valence-corrected chi connectivity index (χ1v) is 22.7. The molecule has 8 unspecified atom stereocenters. The highest BCUT2D eigenvalue weighted by Crippen LogP contribution is 2.44. The number of carbonyl (C=O) groups is 2. The molecule has 0 saturated heterocycles. The van der Waals surface area contributed by atoms with Gasteiger partial charge < -0.3 is 56.8 Å². The predicted molar refractivity (Wildman–Crippen MR) is 243 cm³/mol. The Morgan fingerprint density at radius 3 is 1.03 bits per heavy atom. The standard InChI is InChI=1S/C43H60Br4O14/c1-23(2)41(48)52-17-15-50-25(5)54-27(7)56-29(9)58-31(11)60-39-35(44)19-33(20-36(39)45)43(13,14)34-21-37(46)40(38(47)22-34)61-32(12)59-30(10)57-28(8)55-26(6)51-16-18-53-42(49)24(3)4/h19-22,25-32H,1,3,15-18H2,2,4-14H3. The van der Waals surface area contributed by atoms with E-state index < -0.39 is 67.7 Å². The van der Waals surface area contributed by atoms with Gasteiger partial charge in [0.15, 0.2) is 61.8 Å². The van der Waals surface area contributed by atoms with Gasteiger partial charge in [-0.3, -0.25) is 0 Å². The third-order valence-electron chi connectivity index (χ3n) is 8.34. The van der Waals surface area contributed by atoms with Crippen molar-refractivity contribution in [2.75, 3.05) is 26.4 Å². The van der Waals surface area contributed by atoms with Crippen LogP contribution in [0.2, 0.25) is 0 Å². The normalized spacial score (nSPS) is 15.7. The molecule has 0 aliphatic rings. The largest absolute Gasteiger partial charge is 0.463 e. The van der Waals surface area contributed by atoms with E-state index in [-0.39, 0.29) is 26.4 Å². The topological polar surface area (TPSA) is 145 Å². The monoisotopic (exact) mass is 1120 g/mol. The summed E-state index contributed by atoms with van der Waals surface area (Å²) in [5, 5.41) is 0. The van der Waals surface area contributed by atoms with Crippen molar-refractivity contribution in [2.45, 2.75) is 139 Å². The number of esters is 2. The van der Waals surface area contributed by atoms with Gasteiger partial charge in [0.2, 0.25) is 0 Å². The molecular formula is C43H60Br4O14. The molecule has 0 saturated carbocycles. The fourth-order valence-corrected chi connectivity index (χ4v) is 8.14. The molecule has 8 atom stereocenters. The minimum atomic E-state index is -0.691. The summed E-state index contributed by atoms with van der Waals surface area (Å²) in [4.78, 5) is 23.0. The molecule has 2 rings (SSSR count). The van der Waals surface area contributed by atoms with Gasteiger partial charge in [-0.05, 0) is 168 Å². The minimum absolute atomic E-state index is 0.0792. The van der Waals surface area contributed by atoms with E-state index in [1.165, 1.54) is 0 Å². The van der Waals surface area contributed by atoms with Crippen LogP contribution in [0.5, 0.6) is 11.5 Å². The van der Waals surface area contributed by atoms with Crippen LogP contribution < -0.4 is 9.47 Å². The van der Waals surface area contributed by atoms with Crippen LogP contribution in [0.4, 0.5) is 0 Å². The van der Waals surface area contributed by atoms with Gasteiger partial charge in [-0.25, -0.2) is 9.59 Å². The smallest absolute Gasteiger partial charge is 0.333 e. The van der Waals surface area contributed by atoms with Crippen molar-refractivity contribution in [3.8, 4) is 11.5 Å². The maximum Gasteiger partial charge on any atom is 0.333 e. The lowest BCUT2D eigenvalue weighted by Crippen LogP contribution is -2.31. The van der Waals surface area contributed by atoms with Crippen LogP contribution in [0.3, 0.4) is 0 Å². The van der Waals surface area contributed by atoms with Crippen molar-refractivity contribution in [1.29, 1.82) is 0 Å². The maximum absolute atomic E-state index is 11.5. The van der Waals surface area contributed by atoms with Crippen LogP contribution in [0.25, 0.3) is 0 Å². The highest BCUT2D eigenvalue weighted by molar-refractivity contribution is 9.11. The first-order valence-electron chi connectivity index (χ1n) is 19.5. The summed E-state index contributed by atoms with van der Waals surface area (Å²) < 4.78 is 71.3. The molecule has 0 heterocycles. The highest BCUT2D eigenvalue weighted by Gasteiger charge is 2.29. The van der Waals surface area contributed by atoms with Crippen molar-refractivity contribution in [3.05, 3.63) is 77.6 Å². The van der Waals surface area contributed by atoms with E-state index in [1.54, 1.807) is 69.2 Å². The molecule has 18 heteroatoms. The van der Waals surface area contributed by atoms with Crippen LogP contribution in [0.1, 0.15) is 94.2 Å². The van der Waals surface area contributed by atoms with Gasteiger partial charge in [0.25, 0.3) is 0 Å². The van der Waals surface area contributed by atoms with E-state index in [0.29, 0.717) is 40.5 Å². The van der Waals surface area contributed by atoms with Crippen LogP contribution >= 0.6 is 63.7 Å². The average Bonchev–Trinajstić information content (AvgIpc) is 3.13. The number of rotatable bonds is 28. The Morgan fingerprint density at radius 1 is 0.492 bits per heavy atom. The third-order valence-corrected chi connectivity index (χ3v) is 10.7. The van der Waals surface area contributed by atoms with E-state index in [2.05, 4.69) is 90.7 Å². The summed E-state index contributed by atoms with van der Waals surface area (Å²) >= 11 is 14.8. The molecule has 2 aromatic carbocycles. The lowest BCUT2D eigenvalue weighted by atomic mass is 9.78. The molecule has 2 aromatic rings. The zero-order chi connectivity index (χ0) is 46.2. The van der Waals surface area contributed by atoms with Gasteiger partial charge >= 0.3 is 11.9 Å². The van der Waals surface area contributed by atoms with Gasteiger partial charge in [0, 0.05) is 16.6 Å². The molecular weight excluding hydrogens is 1060 g/mol. The molecule has 0 spiro atoms. The van der Waals surface area contributed by atoms with Gasteiger partial charge in [-0.1, -0.05) is 27.0 Å². The number of ether oxygens (including phenoxy) is 12. The summed E-state index contributed by atoms with van der Waals surface area (Å²) in [6.45, 7) is 28.8. The number of hydrogen-bond donors (Lipinski definition) is 0. The number of hydrogen-bond acceptors (Lipinski definition) is 14. The van der Waals surface area contributed by atoms with Crippen molar-refractivity contribution in [3.63, 3.8) is 0 Å². The van der Waals surface area contributed by atoms with Crippen LogP contribution in [0.15, 0.2) is 66.5 Å². The number of benzene rings is 2. The average molecular weight is 1120 g/mol. The molecule has 0 aromatic heterocycles. The zero-order valence-corrected chi connectivity index (χ0v) is 43.2. The molecule has 344 valence electrons. The molecule has 0 radical (unpaired) electrons. The summed E-state index contributed by atoms with van der Waals surface area (Å²) in [7, 11) is 0. The summed E-state index contributed by atoms with van der Waals surface area (Å²) in [5.41, 5.74) is 2.16. The number of halogens is 4. The molecule has 0 N–H and O–H groups in total. The molecule has 0 bridgehead atoms. The molecule has 61 heavy (non-hydrogen) atoms. The second-order valence-corrected chi connectivity index (χ2v) is 17.7. The van der Waals surface area contributed by atoms with E-state index in [4.69, 9.17) is 56.8 Å². The highest BCUT2D eigenvalue weighted by atomic mass is 79.9. The lowest BCUT2D eigenvalue weighted by Gasteiger charge is -2.29. The number of carbonyl (C=O) groups excluding carboxylic acids is 2. The van der Waals surface area contributed by atoms with E-state index in [9.17, 15) is 9.59 Å². The van der Waals surface area contributed by atoms with Crippen molar-refractivity contribution in [2.24, 2.45) is 0 Å². The Labute approximate surface area is 394 Å². The maximum atomic E-state index is 11.5. The van der Waals surface area contributed by atoms with E-state index in [1.807, 2.05) is 24.3 Å². The SMILES string of the molecule is C=C(C)C(=O)OCCOC(C)OC(C)OC(C)OC(C)Oc1c(Br)cc(C(C)(C)c2cc(Br)c(OC(C)OC(C)OC(C)OC(C)OCCOC(=O)C(=C)C)c(Br)c2)cc1Br. The minimum Gasteiger partial charge on any atom is -0.463 e. The van der Waals surface area contributed by atoms with Crippen LogP contribution in [-0.2, 0) is 62.4 Å². The lowest BCUT2D eigenvalue weighted by molar-refractivity contribution is -0.299. The van der Waals surface area contributed by atoms with Gasteiger partial charge in [-0.2, -0.15) is 0 Å². The van der Waals surface area contributed by atoms with E-state index >= 15 is 0 Å². The van der Waals surface area contributed by atoms with Crippen molar-refractivity contribution >= 4 is 75.7 Å². The van der Waals surface area contributed by atoms with E-state index in [0.717, 1.165) is 11.1 Å². The Hall–Kier alpha value is -1.94. The van der Waals surface area contributed by atoms with Crippen LogP contribution in [0, 0.1) is 0 Å². The predicted octanol–water partition coefficient (Wildman–Crippen LogP) is 11.0. The summed E-state index contributed by atoms with van der Waals surface area (Å²) in [6, 6.07) is 8.03. The molecule has 14 nitrogen and oxygen atoms in total. The van der Waals surface area contributed by atoms with Crippen LogP contribution in [-0.4, -0.2) is 88.7 Å². The van der Waals surface area contributed by atoms with Crippen molar-refractivity contribution < 1.29 is 66.4 Å². The Balaban J connectivity index is 1.95. The molecule has 0 amide bonds. The molecule has 0 fully saturated rings. The zero-order valence-electron chi connectivity index (χ0n) is 36.9. The summed E-state index contributed by atoms with van der Waals surface area (Å²) in [6.07, 6.45) is -5.31. The second kappa shape index (κ2) is 26.8. The fraction of sp³-hybridized carbons (Fsp3) is 0.581. The van der Waals surface area contributed by atoms with Gasteiger partial charge in [0.1, 0.15) is 13.2 Å². The van der Waals surface area contributed by atoms with Crippen molar-refractivity contribution in [1.82, 2.24) is 0 Å². The molecule has 0 aliphatic carbocycles. The van der Waals surface area contributed by atoms with Gasteiger partial charge in [-0.15, -0.1) is 0 Å². The third kappa shape index (κ3) is 19.8. The molecule has 0 aliphatic heterocycles. The summed E-state index contributed by atoms with van der Waals surface area (Å²) in [5.74, 6) is 0.162. The Kier molecular flexibility index (Phi) is 24.2. The Morgan fingerprint density at radius 2 is 0.754 bits per heavy atom.